The van der Waals surface area contributed by atoms with Gasteiger partial charge in [0.25, 0.3) is 0 Å². The van der Waals surface area contributed by atoms with E-state index in [0.717, 1.165) is 0 Å². The first-order valence-electron chi connectivity index (χ1n) is 4.00. The molecule has 0 aliphatic rings. The summed E-state index contributed by atoms with van der Waals surface area (Å²) in [6, 6.07) is -0.0475. The molecule has 1 amide bonds. The molecular weight excluding hydrogens is 210 g/mol. The Morgan fingerprint density at radius 2 is 2.00 bits per heavy atom. The van der Waals surface area contributed by atoms with Crippen molar-refractivity contribution in [3.8, 4) is 0 Å². The zero-order valence-electron chi connectivity index (χ0n) is 7.23. The maximum atomic E-state index is 10.8. The number of nitrogens with one attached hydrogen (secondary N) is 1. The van der Waals surface area contributed by atoms with Gasteiger partial charge < -0.3 is 19.7 Å². The lowest BCUT2D eigenvalue weighted by Gasteiger charge is -2.09. The number of hydrogen-bond donors (Lipinski definition) is 5. The van der Waals surface area contributed by atoms with Gasteiger partial charge in [0.2, 0.25) is 5.91 Å². The minimum absolute atomic E-state index is 0.0475. The molecule has 0 rings (SSSR count). The van der Waals surface area contributed by atoms with Crippen LogP contribution in [0.1, 0.15) is 12.8 Å². The van der Waals surface area contributed by atoms with E-state index in [1.54, 1.807) is 0 Å². The Balaban J connectivity index is 3.31. The fraction of sp³-hybridized carbons (Fsp3) is 0.833. The third kappa shape index (κ3) is 9.83. The minimum atomic E-state index is -3.91. The van der Waals surface area contributed by atoms with Crippen LogP contribution in [0.4, 0.5) is 0 Å². The van der Waals surface area contributed by atoms with Crippen molar-refractivity contribution in [1.29, 1.82) is 0 Å². The Bertz CT molecular complexity index is 161. The Morgan fingerprint density at radius 3 is 2.46 bits per heavy atom. The average Bonchev–Trinajstić information content (AvgIpc) is 1.97. The highest BCUT2D eigenvalue weighted by Gasteiger charge is 2.25. The zero-order valence-corrected chi connectivity index (χ0v) is 9.13. The van der Waals surface area contributed by atoms with Crippen molar-refractivity contribution in [2.24, 2.45) is 0 Å². The van der Waals surface area contributed by atoms with Crippen molar-refractivity contribution in [1.82, 2.24) is 5.32 Å². The van der Waals surface area contributed by atoms with E-state index in [2.05, 4.69) is 17.9 Å². The molecule has 13 heavy (non-hydrogen) atoms. The lowest BCUT2D eigenvalue weighted by Crippen LogP contribution is -2.35. The number of carbonyl (C=O) groups excluding carboxylic acids is 1. The third-order valence-electron chi connectivity index (χ3n) is 1.35. The van der Waals surface area contributed by atoms with Gasteiger partial charge >= 0.3 is 8.80 Å². The largest absolute Gasteiger partial charge is 0.492 e. The van der Waals surface area contributed by atoms with Crippen molar-refractivity contribution in [3.63, 3.8) is 0 Å². The van der Waals surface area contributed by atoms with Crippen LogP contribution in [-0.2, 0) is 4.79 Å². The summed E-state index contributed by atoms with van der Waals surface area (Å²) in [5, 5.41) is 2.56. The number of carbonyl (C=O) groups is 1. The van der Waals surface area contributed by atoms with Gasteiger partial charge in [-0.3, -0.25) is 4.79 Å². The summed E-state index contributed by atoms with van der Waals surface area (Å²) in [6.07, 6.45) is 0.719. The van der Waals surface area contributed by atoms with Crippen molar-refractivity contribution >= 4 is 27.3 Å². The third-order valence-corrected chi connectivity index (χ3v) is 2.60. The van der Waals surface area contributed by atoms with Crippen LogP contribution >= 0.6 is 12.6 Å². The maximum Gasteiger partial charge on any atom is 0.492 e. The number of thiol groups is 1. The standard InChI is InChI=1S/C6H15NO4SSi/c8-6(2-4-12)7-3-1-5-13(9,10)11/h9-12H,1-5H2,(H,7,8). The van der Waals surface area contributed by atoms with Crippen molar-refractivity contribution in [2.45, 2.75) is 18.9 Å². The molecule has 4 N–H and O–H groups in total. The topological polar surface area (TPSA) is 89.8 Å². The summed E-state index contributed by atoms with van der Waals surface area (Å²) in [5.74, 6) is 0.376. The average molecular weight is 225 g/mol. The predicted octanol–water partition coefficient (Wildman–Crippen LogP) is -1.27. The lowest BCUT2D eigenvalue weighted by atomic mass is 10.4. The van der Waals surface area contributed by atoms with E-state index >= 15 is 0 Å². The van der Waals surface area contributed by atoms with Crippen molar-refractivity contribution in [2.75, 3.05) is 12.3 Å². The number of amides is 1. The van der Waals surface area contributed by atoms with Crippen LogP contribution in [0.25, 0.3) is 0 Å². The summed E-state index contributed by atoms with van der Waals surface area (Å²) in [5.41, 5.74) is 0. The van der Waals surface area contributed by atoms with Crippen LogP contribution < -0.4 is 5.32 Å². The second kappa shape index (κ2) is 6.38. The highest BCUT2D eigenvalue weighted by atomic mass is 32.1. The molecule has 78 valence electrons. The van der Waals surface area contributed by atoms with Gasteiger partial charge in [0.15, 0.2) is 0 Å². The quantitative estimate of drug-likeness (QED) is 0.221. The monoisotopic (exact) mass is 225 g/mol. The molecular formula is C6H15NO4SSi. The smallest absolute Gasteiger partial charge is 0.390 e. The van der Waals surface area contributed by atoms with Crippen molar-refractivity contribution < 1.29 is 19.2 Å². The molecule has 0 aliphatic heterocycles. The molecule has 0 aromatic rings. The Hall–Kier alpha value is -0.0831. The molecule has 7 heteroatoms. The van der Waals surface area contributed by atoms with E-state index < -0.39 is 8.80 Å². The first-order chi connectivity index (χ1) is 5.95. The van der Waals surface area contributed by atoms with Gasteiger partial charge in [0, 0.05) is 19.0 Å². The van der Waals surface area contributed by atoms with Crippen LogP contribution in [0.3, 0.4) is 0 Å². The lowest BCUT2D eigenvalue weighted by molar-refractivity contribution is -0.120. The Labute approximate surface area is 83.6 Å². The highest BCUT2D eigenvalue weighted by Crippen LogP contribution is 1.99. The second-order valence-corrected chi connectivity index (χ2v) is 5.20. The van der Waals surface area contributed by atoms with E-state index in [1.807, 2.05) is 0 Å². The predicted molar refractivity (Wildman–Crippen MR) is 53.3 cm³/mol. The van der Waals surface area contributed by atoms with E-state index in [4.69, 9.17) is 14.4 Å². The Morgan fingerprint density at radius 1 is 1.38 bits per heavy atom. The van der Waals surface area contributed by atoms with Gasteiger partial charge in [0.05, 0.1) is 0 Å². The number of rotatable bonds is 6. The van der Waals surface area contributed by atoms with Gasteiger partial charge in [-0.05, 0) is 12.2 Å². The molecule has 0 radical (unpaired) electrons. The van der Waals surface area contributed by atoms with Gasteiger partial charge in [-0.15, -0.1) is 0 Å². The molecule has 0 aromatic heterocycles. The molecule has 0 aromatic carbocycles. The summed E-state index contributed by atoms with van der Waals surface area (Å²) in [7, 11) is -3.91. The first-order valence-corrected chi connectivity index (χ1v) is 6.68. The molecule has 0 unspecified atom stereocenters. The van der Waals surface area contributed by atoms with E-state index in [-0.39, 0.29) is 12.0 Å². The zero-order chi connectivity index (χ0) is 10.3. The molecule has 0 saturated heterocycles. The summed E-state index contributed by atoms with van der Waals surface area (Å²) >= 11 is 3.88. The summed E-state index contributed by atoms with van der Waals surface area (Å²) in [4.78, 5) is 36.7. The van der Waals surface area contributed by atoms with E-state index in [1.165, 1.54) is 0 Å². The van der Waals surface area contributed by atoms with Gasteiger partial charge in [-0.25, -0.2) is 0 Å². The van der Waals surface area contributed by atoms with Crippen LogP contribution in [0.5, 0.6) is 0 Å². The fourth-order valence-corrected chi connectivity index (χ4v) is 1.60. The van der Waals surface area contributed by atoms with E-state index in [9.17, 15) is 4.79 Å². The van der Waals surface area contributed by atoms with Crippen LogP contribution in [0.15, 0.2) is 0 Å². The second-order valence-electron chi connectivity index (χ2n) is 2.70. The molecule has 0 fully saturated rings. The van der Waals surface area contributed by atoms with Crippen molar-refractivity contribution in [3.05, 3.63) is 0 Å². The van der Waals surface area contributed by atoms with Crippen LogP contribution in [0, 0.1) is 0 Å². The molecule has 0 aliphatic carbocycles. The van der Waals surface area contributed by atoms with Crippen LogP contribution in [-0.4, -0.2) is 41.4 Å². The molecule has 0 saturated carbocycles. The van der Waals surface area contributed by atoms with E-state index in [0.29, 0.717) is 25.1 Å². The molecule has 0 heterocycles. The summed E-state index contributed by atoms with van der Waals surface area (Å²) in [6.45, 7) is 0.350. The maximum absolute atomic E-state index is 10.8. The van der Waals surface area contributed by atoms with Gasteiger partial charge in [-0.1, -0.05) is 0 Å². The van der Waals surface area contributed by atoms with Gasteiger partial charge in [-0.2, -0.15) is 12.6 Å². The number of hydrogen-bond acceptors (Lipinski definition) is 5. The molecule has 0 bridgehead atoms. The molecule has 0 atom stereocenters. The molecule has 0 spiro atoms. The highest BCUT2D eigenvalue weighted by molar-refractivity contribution is 7.80. The first kappa shape index (κ1) is 12.9. The Kier molecular flexibility index (Phi) is 6.34. The minimum Gasteiger partial charge on any atom is -0.390 e. The van der Waals surface area contributed by atoms with Crippen LogP contribution in [0.2, 0.25) is 6.04 Å². The summed E-state index contributed by atoms with van der Waals surface area (Å²) < 4.78 is 0. The van der Waals surface area contributed by atoms with Gasteiger partial charge in [0.1, 0.15) is 0 Å². The fourth-order valence-electron chi connectivity index (χ4n) is 0.743. The molecule has 5 nitrogen and oxygen atoms in total. The normalized spacial score (nSPS) is 11.4. The SMILES string of the molecule is O=C(CCS)NCCC[Si](O)(O)O.